The van der Waals surface area contributed by atoms with E-state index in [0.29, 0.717) is 5.56 Å². The molecule has 6 rings (SSSR count). The molecule has 2 N–H and O–H groups in total. The monoisotopic (exact) mass is 669 g/mol. The van der Waals surface area contributed by atoms with Crippen LogP contribution in [0.1, 0.15) is 43.6 Å². The zero-order chi connectivity index (χ0) is 34.1. The van der Waals surface area contributed by atoms with Crippen LogP contribution in [0, 0.1) is 5.82 Å². The van der Waals surface area contributed by atoms with Gasteiger partial charge in [-0.2, -0.15) is 13.1 Å². The summed E-state index contributed by atoms with van der Waals surface area (Å²) in [6.45, 7) is 4.86. The summed E-state index contributed by atoms with van der Waals surface area (Å²) in [6, 6.07) is 27.9. The Kier molecular flexibility index (Phi) is 8.67. The van der Waals surface area contributed by atoms with Crippen molar-refractivity contribution in [1.82, 2.24) is 14.3 Å². The summed E-state index contributed by atoms with van der Waals surface area (Å²) >= 11 is 0. The molecule has 6 aromatic rings. The maximum Gasteiger partial charge on any atom is 0.424 e. The molecule has 0 aliphatic rings. The number of hydrogen-bond acceptors (Lipinski definition) is 8. The van der Waals surface area contributed by atoms with Crippen LogP contribution in [-0.2, 0) is 21.6 Å². The third-order valence-corrected chi connectivity index (χ3v) is 8.10. The second-order valence-corrected chi connectivity index (χ2v) is 13.3. The molecule has 0 saturated heterocycles. The van der Waals surface area contributed by atoms with Gasteiger partial charge in [-0.1, -0.05) is 72.8 Å². The fourth-order valence-corrected chi connectivity index (χ4v) is 6.01. The molecule has 4 aromatic carbocycles. The minimum absolute atomic E-state index is 0.0904. The maximum absolute atomic E-state index is 13.7. The first-order valence-corrected chi connectivity index (χ1v) is 16.4. The van der Waals surface area contributed by atoms with Crippen LogP contribution in [0.3, 0.4) is 0 Å². The van der Waals surface area contributed by atoms with Gasteiger partial charge in [0, 0.05) is 17.8 Å². The number of carbonyl (C=O) groups is 1. The Morgan fingerprint density at radius 1 is 0.896 bits per heavy atom. The van der Waals surface area contributed by atoms with Gasteiger partial charge in [-0.15, -0.1) is 0 Å². The van der Waals surface area contributed by atoms with Crippen molar-refractivity contribution in [2.24, 2.45) is 0 Å². The quantitative estimate of drug-likeness (QED) is 0.163. The minimum atomic E-state index is -4.80. The van der Waals surface area contributed by atoms with Gasteiger partial charge in [0.15, 0.2) is 11.5 Å². The molecule has 0 saturated carbocycles. The van der Waals surface area contributed by atoms with Crippen molar-refractivity contribution in [3.8, 4) is 17.4 Å². The number of rotatable bonds is 9. The van der Waals surface area contributed by atoms with Gasteiger partial charge < -0.3 is 23.3 Å². The number of aromatic hydroxyl groups is 1. The molecule has 0 fully saturated rings. The van der Waals surface area contributed by atoms with E-state index >= 15 is 0 Å². The van der Waals surface area contributed by atoms with Gasteiger partial charge in [-0.05, 0) is 61.7 Å². The number of aromatic nitrogens is 2. The molecule has 0 atom stereocenters. The number of pyridine rings is 1. The van der Waals surface area contributed by atoms with Crippen LogP contribution in [0.15, 0.2) is 109 Å². The van der Waals surface area contributed by atoms with E-state index in [0.717, 1.165) is 11.1 Å². The van der Waals surface area contributed by atoms with E-state index in [4.69, 9.17) is 13.7 Å². The average molecular weight is 670 g/mol. The Morgan fingerprint density at radius 3 is 2.12 bits per heavy atom. The highest BCUT2D eigenvalue weighted by atomic mass is 32.2. The molecule has 0 radical (unpaired) electrons. The minimum Gasteiger partial charge on any atom is -0.494 e. The molecule has 2 heterocycles. The van der Waals surface area contributed by atoms with Crippen molar-refractivity contribution in [2.75, 3.05) is 0 Å². The van der Waals surface area contributed by atoms with E-state index in [1.807, 2.05) is 60.7 Å². The fraction of sp³-hybridized carbons (Fsp3) is 0.167. The third kappa shape index (κ3) is 7.03. The van der Waals surface area contributed by atoms with Gasteiger partial charge in [0.1, 0.15) is 23.0 Å². The number of halogens is 1. The summed E-state index contributed by atoms with van der Waals surface area (Å²) < 4.78 is 60.9. The molecule has 246 valence electrons. The Bertz CT molecular complexity index is 2160. The average Bonchev–Trinajstić information content (AvgIpc) is 3.36. The largest absolute Gasteiger partial charge is 0.494 e. The Morgan fingerprint density at radius 2 is 1.52 bits per heavy atom. The molecular formula is C36H32FN3O7S. The Balaban J connectivity index is 1.56. The number of hydrogen-bond donors (Lipinski definition) is 2. The van der Waals surface area contributed by atoms with Crippen molar-refractivity contribution >= 4 is 38.1 Å². The highest BCUT2D eigenvalue weighted by Gasteiger charge is 2.30. The molecule has 0 unspecified atom stereocenters. The Hall–Kier alpha value is -5.62. The van der Waals surface area contributed by atoms with Crippen LogP contribution in [0.5, 0.6) is 17.4 Å². The number of fused-ring (bicyclic) bond motifs is 2. The molecule has 1 amide bonds. The number of amides is 1. The van der Waals surface area contributed by atoms with Crippen LogP contribution in [0.25, 0.3) is 21.7 Å². The Labute approximate surface area is 276 Å². The van der Waals surface area contributed by atoms with Crippen LogP contribution in [-0.4, -0.2) is 34.8 Å². The molecule has 0 aliphatic carbocycles. The van der Waals surface area contributed by atoms with Crippen molar-refractivity contribution in [3.63, 3.8) is 0 Å². The van der Waals surface area contributed by atoms with E-state index < -0.39 is 33.9 Å². The standard InChI is InChI=1S/C36H32FN3O7S/c1-36(2,3)46-35(42)39-48(43,44)47-32-27-15-10-20-38-30(27)33(45-31(24-11-6-4-7-12-24)25-13-8-5-9-14-25)29-28(32)22-40(34(29)41)21-23-16-18-26(37)19-17-23/h4-20,22,31,41H,21H2,1-3H3,(H,39,42). The zero-order valence-electron chi connectivity index (χ0n) is 26.3. The first-order valence-electron chi connectivity index (χ1n) is 15.0. The van der Waals surface area contributed by atoms with Crippen LogP contribution >= 0.6 is 0 Å². The smallest absolute Gasteiger partial charge is 0.424 e. The van der Waals surface area contributed by atoms with Gasteiger partial charge in [-0.3, -0.25) is 4.98 Å². The zero-order valence-corrected chi connectivity index (χ0v) is 27.1. The van der Waals surface area contributed by atoms with E-state index in [1.165, 1.54) is 29.1 Å². The number of benzene rings is 4. The molecule has 12 heteroatoms. The molecule has 0 bridgehead atoms. The summed E-state index contributed by atoms with van der Waals surface area (Å²) in [5.41, 5.74) is 1.51. The number of nitrogens with one attached hydrogen (secondary N) is 1. The molecule has 48 heavy (non-hydrogen) atoms. The summed E-state index contributed by atoms with van der Waals surface area (Å²) in [7, 11) is -4.80. The topological polar surface area (TPSA) is 129 Å². The van der Waals surface area contributed by atoms with Crippen LogP contribution < -0.4 is 13.6 Å². The fourth-order valence-electron chi connectivity index (χ4n) is 5.32. The number of nitrogens with zero attached hydrogens (tertiary/aromatic N) is 2. The van der Waals surface area contributed by atoms with E-state index in [-0.39, 0.29) is 45.6 Å². The first-order chi connectivity index (χ1) is 22.9. The van der Waals surface area contributed by atoms with Gasteiger partial charge in [-0.25, -0.2) is 9.18 Å². The summed E-state index contributed by atoms with van der Waals surface area (Å²) in [5, 5.41) is 12.3. The molecule has 0 aliphatic heterocycles. The lowest BCUT2D eigenvalue weighted by atomic mass is 10.0. The van der Waals surface area contributed by atoms with Gasteiger partial charge >= 0.3 is 16.4 Å². The number of ether oxygens (including phenoxy) is 2. The molecule has 0 spiro atoms. The second-order valence-electron chi connectivity index (χ2n) is 12.0. The van der Waals surface area contributed by atoms with Crippen molar-refractivity contribution in [2.45, 2.75) is 39.0 Å². The lowest BCUT2D eigenvalue weighted by Gasteiger charge is -2.23. The summed E-state index contributed by atoms with van der Waals surface area (Å²) in [6.07, 6.45) is 1.12. The highest BCUT2D eigenvalue weighted by Crippen LogP contribution is 2.48. The summed E-state index contributed by atoms with van der Waals surface area (Å²) in [5.74, 6) is -0.738. The van der Waals surface area contributed by atoms with Crippen molar-refractivity contribution in [1.29, 1.82) is 0 Å². The number of carbonyl (C=O) groups excluding carboxylic acids is 1. The van der Waals surface area contributed by atoms with Crippen LogP contribution in [0.2, 0.25) is 0 Å². The molecule has 2 aromatic heterocycles. The van der Waals surface area contributed by atoms with Gasteiger partial charge in [0.05, 0.1) is 17.3 Å². The second kappa shape index (κ2) is 12.9. The predicted molar refractivity (Wildman–Crippen MR) is 179 cm³/mol. The van der Waals surface area contributed by atoms with E-state index in [9.17, 15) is 22.7 Å². The van der Waals surface area contributed by atoms with Crippen molar-refractivity contribution < 1.29 is 36.4 Å². The van der Waals surface area contributed by atoms with Gasteiger partial charge in [0.25, 0.3) is 0 Å². The third-order valence-electron chi connectivity index (χ3n) is 7.30. The SMILES string of the molecule is CC(C)(C)OC(=O)NS(=O)(=O)Oc1c2cccnc2c(OC(c2ccccc2)c2ccccc2)c2c(O)n(Cc3ccc(F)cc3)cc12. The highest BCUT2D eigenvalue weighted by molar-refractivity contribution is 7.85. The molecule has 10 nitrogen and oxygen atoms in total. The normalized spacial score (nSPS) is 11.9. The van der Waals surface area contributed by atoms with Crippen LogP contribution in [0.4, 0.5) is 9.18 Å². The lowest BCUT2D eigenvalue weighted by Crippen LogP contribution is -2.38. The molecular weight excluding hydrogens is 637 g/mol. The van der Waals surface area contributed by atoms with E-state index in [2.05, 4.69) is 4.98 Å². The maximum atomic E-state index is 13.7. The predicted octanol–water partition coefficient (Wildman–Crippen LogP) is 7.40. The lowest BCUT2D eigenvalue weighted by molar-refractivity contribution is 0.0567. The first kappa shape index (κ1) is 32.3. The summed E-state index contributed by atoms with van der Waals surface area (Å²) in [4.78, 5) is 17.0. The van der Waals surface area contributed by atoms with E-state index in [1.54, 1.807) is 49.8 Å². The van der Waals surface area contributed by atoms with Gasteiger partial charge in [0.2, 0.25) is 5.88 Å². The van der Waals surface area contributed by atoms with Crippen molar-refractivity contribution in [3.05, 3.63) is 132 Å².